The number of halogens is 1. The van der Waals surface area contributed by atoms with Crippen LogP contribution in [-0.4, -0.2) is 19.1 Å². The Kier molecular flexibility index (Phi) is 5.36. The molecule has 0 fully saturated rings. The van der Waals surface area contributed by atoms with Crippen LogP contribution in [0.1, 0.15) is 12.5 Å². The molecule has 0 atom stereocenters. The molecule has 0 unspecified atom stereocenters. The lowest BCUT2D eigenvalue weighted by molar-refractivity contribution is -0.138. The Morgan fingerprint density at radius 1 is 1.53 bits per heavy atom. The van der Waals surface area contributed by atoms with Gasteiger partial charge in [-0.05, 0) is 24.6 Å². The Morgan fingerprint density at radius 2 is 2.29 bits per heavy atom. The quantitative estimate of drug-likeness (QED) is 0.607. The molecule has 0 bridgehead atoms. The lowest BCUT2D eigenvalue weighted by Crippen LogP contribution is -2.21. The highest BCUT2D eigenvalue weighted by molar-refractivity contribution is 5.88. The summed E-state index contributed by atoms with van der Waals surface area (Å²) in [6, 6.07) is 6.29. The van der Waals surface area contributed by atoms with Crippen molar-refractivity contribution in [1.82, 2.24) is 5.32 Å². The van der Waals surface area contributed by atoms with Gasteiger partial charge >= 0.3 is 5.97 Å². The second kappa shape index (κ2) is 6.81. The summed E-state index contributed by atoms with van der Waals surface area (Å²) in [5.41, 5.74) is 1.19. The highest BCUT2D eigenvalue weighted by Gasteiger charge is 2.06. The van der Waals surface area contributed by atoms with E-state index in [1.54, 1.807) is 13.0 Å². The smallest absolute Gasteiger partial charge is 0.334 e. The van der Waals surface area contributed by atoms with Gasteiger partial charge in [-0.2, -0.15) is 0 Å². The maximum absolute atomic E-state index is 12.9. The number of esters is 1. The topological polar surface area (TPSA) is 38.3 Å². The van der Waals surface area contributed by atoms with Crippen LogP contribution in [0.2, 0.25) is 0 Å². The molecule has 0 amide bonds. The Bertz CT molecular complexity index is 404. The van der Waals surface area contributed by atoms with Gasteiger partial charge in [0.05, 0.1) is 6.61 Å². The molecular weight excluding hydrogens is 221 g/mol. The van der Waals surface area contributed by atoms with Crippen LogP contribution >= 0.6 is 0 Å². The monoisotopic (exact) mass is 237 g/mol. The highest BCUT2D eigenvalue weighted by atomic mass is 19.1. The third-order valence-electron chi connectivity index (χ3n) is 2.12. The van der Waals surface area contributed by atoms with Crippen LogP contribution in [0.4, 0.5) is 4.39 Å². The molecule has 4 heteroatoms. The van der Waals surface area contributed by atoms with Crippen LogP contribution in [0.3, 0.4) is 0 Å². The summed E-state index contributed by atoms with van der Waals surface area (Å²) >= 11 is 0. The first kappa shape index (κ1) is 13.4. The first-order valence-corrected chi connectivity index (χ1v) is 5.43. The number of ether oxygens (including phenoxy) is 1. The fourth-order valence-electron chi connectivity index (χ4n) is 1.31. The Labute approximate surface area is 100 Å². The van der Waals surface area contributed by atoms with Gasteiger partial charge in [0.1, 0.15) is 5.82 Å². The zero-order valence-corrected chi connectivity index (χ0v) is 9.83. The SMILES string of the molecule is C=C(CNCc1cccc(F)c1)C(=O)OCC. The van der Waals surface area contributed by atoms with Crippen LogP contribution in [0, 0.1) is 5.82 Å². The molecule has 0 radical (unpaired) electrons. The molecule has 0 aliphatic carbocycles. The minimum atomic E-state index is -0.403. The number of nitrogens with one attached hydrogen (secondary N) is 1. The van der Waals surface area contributed by atoms with Crippen molar-refractivity contribution >= 4 is 5.97 Å². The van der Waals surface area contributed by atoms with Gasteiger partial charge in [0.15, 0.2) is 0 Å². The molecule has 0 spiro atoms. The van der Waals surface area contributed by atoms with Crippen LogP contribution < -0.4 is 5.32 Å². The van der Waals surface area contributed by atoms with E-state index in [9.17, 15) is 9.18 Å². The predicted octanol–water partition coefficient (Wildman–Crippen LogP) is 2.03. The van der Waals surface area contributed by atoms with Crippen LogP contribution in [-0.2, 0) is 16.1 Å². The summed E-state index contributed by atoms with van der Waals surface area (Å²) in [6.45, 7) is 6.50. The van der Waals surface area contributed by atoms with Gasteiger partial charge < -0.3 is 10.1 Å². The van der Waals surface area contributed by atoms with E-state index in [2.05, 4.69) is 11.9 Å². The molecular formula is C13H16FNO2. The second-order valence-electron chi connectivity index (χ2n) is 3.56. The molecule has 92 valence electrons. The lowest BCUT2D eigenvalue weighted by atomic mass is 10.2. The largest absolute Gasteiger partial charge is 0.463 e. The molecule has 0 aliphatic rings. The van der Waals surface area contributed by atoms with Crippen molar-refractivity contribution < 1.29 is 13.9 Å². The summed E-state index contributed by atoms with van der Waals surface area (Å²) in [4.78, 5) is 11.2. The van der Waals surface area contributed by atoms with Gasteiger partial charge in [0.25, 0.3) is 0 Å². The number of hydrogen-bond donors (Lipinski definition) is 1. The minimum absolute atomic E-state index is 0.270. The maximum Gasteiger partial charge on any atom is 0.334 e. The Balaban J connectivity index is 2.33. The third-order valence-corrected chi connectivity index (χ3v) is 2.12. The summed E-state index contributed by atoms with van der Waals surface area (Å²) in [7, 11) is 0. The molecule has 0 aromatic heterocycles. The molecule has 1 aromatic rings. The fourth-order valence-corrected chi connectivity index (χ4v) is 1.31. The first-order chi connectivity index (χ1) is 8.13. The van der Waals surface area contributed by atoms with Gasteiger partial charge in [0, 0.05) is 18.7 Å². The van der Waals surface area contributed by atoms with Gasteiger partial charge in [-0.3, -0.25) is 0 Å². The molecule has 0 heterocycles. The molecule has 0 saturated heterocycles. The van der Waals surface area contributed by atoms with E-state index < -0.39 is 5.97 Å². The van der Waals surface area contributed by atoms with E-state index in [1.807, 2.05) is 6.07 Å². The van der Waals surface area contributed by atoms with Gasteiger partial charge in [0.2, 0.25) is 0 Å². The van der Waals surface area contributed by atoms with Crippen LogP contribution in [0.15, 0.2) is 36.4 Å². The van der Waals surface area contributed by atoms with Crippen molar-refractivity contribution in [3.05, 3.63) is 47.8 Å². The molecule has 1 aromatic carbocycles. The summed E-state index contributed by atoms with van der Waals surface area (Å²) in [6.07, 6.45) is 0. The number of carbonyl (C=O) groups excluding carboxylic acids is 1. The predicted molar refractivity (Wildman–Crippen MR) is 63.9 cm³/mol. The van der Waals surface area contributed by atoms with Crippen molar-refractivity contribution in [2.75, 3.05) is 13.2 Å². The van der Waals surface area contributed by atoms with Crippen molar-refractivity contribution in [2.24, 2.45) is 0 Å². The van der Waals surface area contributed by atoms with E-state index in [0.29, 0.717) is 25.3 Å². The minimum Gasteiger partial charge on any atom is -0.463 e. The zero-order chi connectivity index (χ0) is 12.7. The Morgan fingerprint density at radius 3 is 2.94 bits per heavy atom. The van der Waals surface area contributed by atoms with E-state index in [0.717, 1.165) is 5.56 Å². The average molecular weight is 237 g/mol. The normalized spacial score (nSPS) is 10.0. The number of benzene rings is 1. The van der Waals surface area contributed by atoms with Crippen molar-refractivity contribution in [3.63, 3.8) is 0 Å². The Hall–Kier alpha value is -1.68. The molecule has 0 saturated carbocycles. The molecule has 3 nitrogen and oxygen atoms in total. The summed E-state index contributed by atoms with van der Waals surface area (Å²) < 4.78 is 17.6. The summed E-state index contributed by atoms with van der Waals surface area (Å²) in [5.74, 6) is -0.673. The molecule has 1 N–H and O–H groups in total. The van der Waals surface area contributed by atoms with Gasteiger partial charge in [-0.1, -0.05) is 18.7 Å². The molecule has 17 heavy (non-hydrogen) atoms. The summed E-state index contributed by atoms with van der Waals surface area (Å²) in [5, 5.41) is 3.00. The van der Waals surface area contributed by atoms with E-state index in [-0.39, 0.29) is 5.82 Å². The van der Waals surface area contributed by atoms with Crippen molar-refractivity contribution in [1.29, 1.82) is 0 Å². The van der Waals surface area contributed by atoms with Gasteiger partial charge in [-0.15, -0.1) is 0 Å². The molecule has 0 aliphatic heterocycles. The third kappa shape index (κ3) is 4.78. The van der Waals surface area contributed by atoms with Crippen molar-refractivity contribution in [3.8, 4) is 0 Å². The van der Waals surface area contributed by atoms with E-state index in [4.69, 9.17) is 4.74 Å². The van der Waals surface area contributed by atoms with Gasteiger partial charge in [-0.25, -0.2) is 9.18 Å². The number of hydrogen-bond acceptors (Lipinski definition) is 3. The van der Waals surface area contributed by atoms with Crippen molar-refractivity contribution in [2.45, 2.75) is 13.5 Å². The standard InChI is InChI=1S/C13H16FNO2/c1-3-17-13(16)10(2)8-15-9-11-5-4-6-12(14)7-11/h4-7,15H,2-3,8-9H2,1H3. The van der Waals surface area contributed by atoms with E-state index in [1.165, 1.54) is 12.1 Å². The first-order valence-electron chi connectivity index (χ1n) is 5.43. The van der Waals surface area contributed by atoms with Crippen LogP contribution in [0.5, 0.6) is 0 Å². The van der Waals surface area contributed by atoms with Crippen LogP contribution in [0.25, 0.3) is 0 Å². The number of rotatable bonds is 6. The molecule has 1 rings (SSSR count). The lowest BCUT2D eigenvalue weighted by Gasteiger charge is -2.07. The highest BCUT2D eigenvalue weighted by Crippen LogP contribution is 2.03. The zero-order valence-electron chi connectivity index (χ0n) is 9.83. The fraction of sp³-hybridized carbons (Fsp3) is 0.308. The average Bonchev–Trinajstić information content (AvgIpc) is 2.29. The van der Waals surface area contributed by atoms with E-state index >= 15 is 0 Å². The number of carbonyl (C=O) groups is 1. The maximum atomic E-state index is 12.9. The second-order valence-corrected chi connectivity index (χ2v) is 3.56.